The van der Waals surface area contributed by atoms with Gasteiger partial charge in [-0.3, -0.25) is 14.9 Å². The first-order valence-electron chi connectivity index (χ1n) is 6.59. The Kier molecular flexibility index (Phi) is 5.82. The van der Waals surface area contributed by atoms with Gasteiger partial charge in [0.25, 0.3) is 0 Å². The van der Waals surface area contributed by atoms with Gasteiger partial charge in [-0.15, -0.1) is 0 Å². The minimum atomic E-state index is -0.632. The molecular weight excluding hydrogens is 276 g/mol. The van der Waals surface area contributed by atoms with Crippen LogP contribution < -0.4 is 10.6 Å². The summed E-state index contributed by atoms with van der Waals surface area (Å²) in [5, 5.41) is 16.7. The molecule has 1 atom stereocenters. The lowest BCUT2D eigenvalue weighted by molar-refractivity contribution is -0.384. The van der Waals surface area contributed by atoms with Crippen LogP contribution in [0.15, 0.2) is 6.20 Å². The molecule has 116 valence electrons. The molecule has 1 aromatic heterocycles. The van der Waals surface area contributed by atoms with Crippen molar-refractivity contribution in [1.29, 1.82) is 0 Å². The van der Waals surface area contributed by atoms with E-state index in [-0.39, 0.29) is 23.4 Å². The molecular formula is C12H20N6O3. The van der Waals surface area contributed by atoms with E-state index in [1.54, 1.807) is 21.0 Å². The molecule has 0 fully saturated rings. The molecule has 0 radical (unpaired) electrons. The van der Waals surface area contributed by atoms with Gasteiger partial charge in [-0.1, -0.05) is 6.92 Å². The Labute approximate surface area is 122 Å². The minimum absolute atomic E-state index is 0.0244. The molecule has 1 unspecified atom stereocenters. The molecule has 0 bridgehead atoms. The number of carbonyl (C=O) groups excluding carboxylic acids is 1. The van der Waals surface area contributed by atoms with E-state index in [1.807, 2.05) is 6.92 Å². The lowest BCUT2D eigenvalue weighted by Gasteiger charge is -2.18. The average Bonchev–Trinajstić information content (AvgIpc) is 2.43. The fourth-order valence-electron chi connectivity index (χ4n) is 1.59. The number of nitro groups is 1. The second-order valence-corrected chi connectivity index (χ2v) is 4.71. The SMILES string of the molecule is CCCNc1ncc([N+](=O)[O-])c(NC(C)C(=O)N(C)C)n1. The van der Waals surface area contributed by atoms with E-state index in [0.29, 0.717) is 6.54 Å². The molecule has 9 heteroatoms. The van der Waals surface area contributed by atoms with Gasteiger partial charge in [0.15, 0.2) is 0 Å². The smallest absolute Gasteiger partial charge is 0.329 e. The summed E-state index contributed by atoms with van der Waals surface area (Å²) in [6, 6.07) is -0.632. The zero-order valence-corrected chi connectivity index (χ0v) is 12.6. The van der Waals surface area contributed by atoms with E-state index in [2.05, 4.69) is 20.6 Å². The summed E-state index contributed by atoms with van der Waals surface area (Å²) in [5.41, 5.74) is -0.268. The molecule has 0 aliphatic rings. The van der Waals surface area contributed by atoms with Crippen LogP contribution in [-0.2, 0) is 4.79 Å². The number of aromatic nitrogens is 2. The number of hydrogen-bond acceptors (Lipinski definition) is 7. The van der Waals surface area contributed by atoms with Crippen molar-refractivity contribution in [1.82, 2.24) is 14.9 Å². The number of nitrogens with zero attached hydrogens (tertiary/aromatic N) is 4. The molecule has 1 amide bonds. The lowest BCUT2D eigenvalue weighted by atomic mass is 10.3. The summed E-state index contributed by atoms with van der Waals surface area (Å²) in [5.74, 6) is 0.108. The van der Waals surface area contributed by atoms with E-state index in [9.17, 15) is 14.9 Å². The normalized spacial score (nSPS) is 11.6. The van der Waals surface area contributed by atoms with Crippen molar-refractivity contribution in [3.05, 3.63) is 16.3 Å². The molecule has 21 heavy (non-hydrogen) atoms. The molecule has 0 saturated carbocycles. The van der Waals surface area contributed by atoms with Crippen LogP contribution in [-0.4, -0.2) is 52.4 Å². The highest BCUT2D eigenvalue weighted by molar-refractivity contribution is 5.84. The number of nitrogens with one attached hydrogen (secondary N) is 2. The first kappa shape index (κ1) is 16.6. The number of likely N-dealkylation sites (N-methyl/N-ethyl adjacent to an activating group) is 1. The van der Waals surface area contributed by atoms with Gasteiger partial charge in [0.1, 0.15) is 12.2 Å². The summed E-state index contributed by atoms with van der Waals surface area (Å²) >= 11 is 0. The Bertz CT molecular complexity index is 520. The quantitative estimate of drug-likeness (QED) is 0.572. The zero-order chi connectivity index (χ0) is 16.0. The molecule has 1 aromatic rings. The molecule has 9 nitrogen and oxygen atoms in total. The molecule has 0 aromatic carbocycles. The highest BCUT2D eigenvalue weighted by Crippen LogP contribution is 2.22. The second-order valence-electron chi connectivity index (χ2n) is 4.71. The molecule has 0 aliphatic carbocycles. The fraction of sp³-hybridized carbons (Fsp3) is 0.583. The van der Waals surface area contributed by atoms with Gasteiger partial charge in [-0.05, 0) is 13.3 Å². The van der Waals surface area contributed by atoms with E-state index in [4.69, 9.17) is 0 Å². The van der Waals surface area contributed by atoms with Gasteiger partial charge >= 0.3 is 5.69 Å². The number of amides is 1. The van der Waals surface area contributed by atoms with E-state index in [0.717, 1.165) is 12.6 Å². The molecule has 0 aliphatic heterocycles. The summed E-state index contributed by atoms with van der Waals surface area (Å²) in [4.78, 5) is 31.6. The highest BCUT2D eigenvalue weighted by Gasteiger charge is 2.22. The third kappa shape index (κ3) is 4.55. The molecule has 0 spiro atoms. The standard InChI is InChI=1S/C12H20N6O3/c1-5-6-13-12-14-7-9(18(20)21)10(16-12)15-8(2)11(19)17(3)4/h7-8H,5-6H2,1-4H3,(H2,13,14,15,16). The maximum Gasteiger partial charge on any atom is 0.329 e. The number of anilines is 2. The maximum atomic E-state index is 11.8. The van der Waals surface area contributed by atoms with Gasteiger partial charge in [0.2, 0.25) is 17.7 Å². The maximum absolute atomic E-state index is 11.8. The summed E-state index contributed by atoms with van der Waals surface area (Å²) in [6.45, 7) is 4.26. The van der Waals surface area contributed by atoms with Gasteiger partial charge in [0, 0.05) is 20.6 Å². The predicted molar refractivity (Wildman–Crippen MR) is 79.2 cm³/mol. The molecule has 2 N–H and O–H groups in total. The first-order valence-corrected chi connectivity index (χ1v) is 6.59. The Morgan fingerprint density at radius 3 is 2.71 bits per heavy atom. The van der Waals surface area contributed by atoms with Gasteiger partial charge in [0.05, 0.1) is 4.92 Å². The minimum Gasteiger partial charge on any atom is -0.354 e. The Balaban J connectivity index is 3.00. The molecule has 0 saturated heterocycles. The number of carbonyl (C=O) groups is 1. The largest absolute Gasteiger partial charge is 0.354 e. The fourth-order valence-corrected chi connectivity index (χ4v) is 1.59. The molecule has 1 heterocycles. The van der Waals surface area contributed by atoms with Crippen LogP contribution in [0.1, 0.15) is 20.3 Å². The topological polar surface area (TPSA) is 113 Å². The van der Waals surface area contributed by atoms with Crippen LogP contribution in [0.25, 0.3) is 0 Å². The van der Waals surface area contributed by atoms with Crippen molar-refractivity contribution in [2.45, 2.75) is 26.3 Å². The van der Waals surface area contributed by atoms with Crippen molar-refractivity contribution in [2.24, 2.45) is 0 Å². The summed E-state index contributed by atoms with van der Waals surface area (Å²) < 4.78 is 0. The van der Waals surface area contributed by atoms with Crippen molar-refractivity contribution < 1.29 is 9.72 Å². The number of rotatable bonds is 7. The van der Waals surface area contributed by atoms with Crippen LogP contribution in [0.4, 0.5) is 17.5 Å². The van der Waals surface area contributed by atoms with Crippen molar-refractivity contribution in [3.63, 3.8) is 0 Å². The van der Waals surface area contributed by atoms with Crippen LogP contribution in [0.2, 0.25) is 0 Å². The third-order valence-corrected chi connectivity index (χ3v) is 2.66. The van der Waals surface area contributed by atoms with Crippen molar-refractivity contribution in [2.75, 3.05) is 31.3 Å². The van der Waals surface area contributed by atoms with Gasteiger partial charge in [-0.2, -0.15) is 4.98 Å². The first-order chi connectivity index (χ1) is 9.86. The van der Waals surface area contributed by atoms with E-state index < -0.39 is 11.0 Å². The van der Waals surface area contributed by atoms with Gasteiger partial charge < -0.3 is 15.5 Å². The van der Waals surface area contributed by atoms with Crippen molar-refractivity contribution >= 4 is 23.4 Å². The highest BCUT2D eigenvalue weighted by atomic mass is 16.6. The van der Waals surface area contributed by atoms with Crippen LogP contribution in [0, 0.1) is 10.1 Å². The summed E-state index contributed by atoms with van der Waals surface area (Å²) in [6.07, 6.45) is 2.00. The Morgan fingerprint density at radius 1 is 1.52 bits per heavy atom. The lowest BCUT2D eigenvalue weighted by Crippen LogP contribution is -2.37. The van der Waals surface area contributed by atoms with Gasteiger partial charge in [-0.25, -0.2) is 4.98 Å². The molecule has 1 rings (SSSR count). The van der Waals surface area contributed by atoms with Crippen LogP contribution >= 0.6 is 0 Å². The summed E-state index contributed by atoms with van der Waals surface area (Å²) in [7, 11) is 3.23. The van der Waals surface area contributed by atoms with E-state index in [1.165, 1.54) is 4.90 Å². The zero-order valence-electron chi connectivity index (χ0n) is 12.6. The monoisotopic (exact) mass is 296 g/mol. The Hall–Kier alpha value is -2.45. The van der Waals surface area contributed by atoms with Crippen LogP contribution in [0.3, 0.4) is 0 Å². The van der Waals surface area contributed by atoms with E-state index >= 15 is 0 Å². The second kappa shape index (κ2) is 7.36. The van der Waals surface area contributed by atoms with Crippen LogP contribution in [0.5, 0.6) is 0 Å². The third-order valence-electron chi connectivity index (χ3n) is 2.66. The number of hydrogen-bond donors (Lipinski definition) is 2. The average molecular weight is 296 g/mol. The van der Waals surface area contributed by atoms with Crippen molar-refractivity contribution in [3.8, 4) is 0 Å². The Morgan fingerprint density at radius 2 is 2.19 bits per heavy atom. The predicted octanol–water partition coefficient (Wildman–Crippen LogP) is 1.10.